The van der Waals surface area contributed by atoms with Crippen molar-refractivity contribution in [2.24, 2.45) is 0 Å². The van der Waals surface area contributed by atoms with Gasteiger partial charge in [0.15, 0.2) is 11.6 Å². The van der Waals surface area contributed by atoms with E-state index in [0.29, 0.717) is 11.4 Å². The molecule has 1 N–H and O–H groups in total. The number of nitrogens with zero attached hydrogens (tertiary/aromatic N) is 3. The molecule has 0 aliphatic carbocycles. The van der Waals surface area contributed by atoms with Gasteiger partial charge in [-0.1, -0.05) is 19.4 Å². The highest BCUT2D eigenvalue weighted by atomic mass is 19.1. The highest BCUT2D eigenvalue weighted by Crippen LogP contribution is 2.27. The zero-order valence-electron chi connectivity index (χ0n) is 11.9. The molecule has 0 bridgehead atoms. The maximum Gasteiger partial charge on any atom is 0.167 e. The van der Waals surface area contributed by atoms with E-state index in [1.54, 1.807) is 12.1 Å². The first-order chi connectivity index (χ1) is 9.70. The molecular weight excluding hydrogens is 255 g/mol. The molecule has 1 aromatic heterocycles. The average molecular weight is 274 g/mol. The minimum atomic E-state index is -0.231. The summed E-state index contributed by atoms with van der Waals surface area (Å²) in [6.45, 7) is 5.69. The Balaban J connectivity index is 2.04. The van der Waals surface area contributed by atoms with Gasteiger partial charge in [-0.2, -0.15) is 0 Å². The molecule has 1 aliphatic rings. The summed E-state index contributed by atoms with van der Waals surface area (Å²) in [5.41, 5.74) is 1.45. The lowest BCUT2D eigenvalue weighted by Crippen LogP contribution is -2.33. The fourth-order valence-electron chi connectivity index (χ4n) is 2.76. The Morgan fingerprint density at radius 3 is 3.00 bits per heavy atom. The molecule has 4 nitrogen and oxygen atoms in total. The van der Waals surface area contributed by atoms with Crippen LogP contribution in [0.25, 0.3) is 11.4 Å². The largest absolute Gasteiger partial charge is 0.308 e. The van der Waals surface area contributed by atoms with Crippen LogP contribution in [0.3, 0.4) is 0 Å². The van der Waals surface area contributed by atoms with Crippen molar-refractivity contribution in [3.8, 4) is 11.4 Å². The third kappa shape index (κ3) is 2.22. The predicted octanol–water partition coefficient (Wildman–Crippen LogP) is 2.84. The Hall–Kier alpha value is -1.75. The first kappa shape index (κ1) is 13.2. The monoisotopic (exact) mass is 274 g/mol. The molecule has 20 heavy (non-hydrogen) atoms. The number of aryl methyl sites for hydroxylation is 1. The fraction of sp³-hybridized carbons (Fsp3) is 0.467. The number of fused-ring (bicyclic) bond motifs is 1. The molecule has 106 valence electrons. The van der Waals surface area contributed by atoms with Crippen LogP contribution in [-0.2, 0) is 6.54 Å². The quantitative estimate of drug-likeness (QED) is 0.936. The van der Waals surface area contributed by atoms with Crippen molar-refractivity contribution in [3.63, 3.8) is 0 Å². The van der Waals surface area contributed by atoms with Gasteiger partial charge in [0, 0.05) is 13.1 Å². The minimum absolute atomic E-state index is 0.225. The molecule has 0 spiro atoms. The van der Waals surface area contributed by atoms with Crippen molar-refractivity contribution in [2.75, 3.05) is 6.54 Å². The van der Waals surface area contributed by atoms with Crippen molar-refractivity contribution < 1.29 is 4.39 Å². The molecule has 2 aromatic rings. The van der Waals surface area contributed by atoms with Crippen molar-refractivity contribution in [1.29, 1.82) is 0 Å². The third-order valence-electron chi connectivity index (χ3n) is 3.76. The van der Waals surface area contributed by atoms with E-state index in [-0.39, 0.29) is 11.9 Å². The Bertz CT molecular complexity index is 620. The third-order valence-corrected chi connectivity index (χ3v) is 3.76. The molecule has 5 heteroatoms. The van der Waals surface area contributed by atoms with Gasteiger partial charge in [0.25, 0.3) is 0 Å². The highest BCUT2D eigenvalue weighted by molar-refractivity contribution is 5.57. The molecular formula is C15H19FN4. The van der Waals surface area contributed by atoms with Crippen LogP contribution in [-0.4, -0.2) is 21.3 Å². The van der Waals surface area contributed by atoms with E-state index in [2.05, 4.69) is 22.4 Å². The smallest absolute Gasteiger partial charge is 0.167 e. The topological polar surface area (TPSA) is 42.7 Å². The second-order valence-corrected chi connectivity index (χ2v) is 5.31. The van der Waals surface area contributed by atoms with Gasteiger partial charge in [-0.3, -0.25) is 0 Å². The number of hydrogen-bond acceptors (Lipinski definition) is 3. The summed E-state index contributed by atoms with van der Waals surface area (Å²) in [6.07, 6.45) is 2.10. The van der Waals surface area contributed by atoms with E-state index < -0.39 is 0 Å². The van der Waals surface area contributed by atoms with Crippen LogP contribution < -0.4 is 5.32 Å². The van der Waals surface area contributed by atoms with E-state index in [1.807, 2.05) is 17.6 Å². The van der Waals surface area contributed by atoms with Crippen LogP contribution in [0.2, 0.25) is 0 Å². The van der Waals surface area contributed by atoms with Crippen LogP contribution in [0.4, 0.5) is 4.39 Å². The molecule has 1 atom stereocenters. The van der Waals surface area contributed by atoms with Gasteiger partial charge in [-0.05, 0) is 31.0 Å². The Kier molecular flexibility index (Phi) is 3.53. The van der Waals surface area contributed by atoms with Gasteiger partial charge >= 0.3 is 0 Å². The fourth-order valence-corrected chi connectivity index (χ4v) is 2.76. The first-order valence-corrected chi connectivity index (χ1v) is 7.13. The molecule has 0 saturated heterocycles. The van der Waals surface area contributed by atoms with E-state index in [0.717, 1.165) is 37.3 Å². The van der Waals surface area contributed by atoms with Gasteiger partial charge in [0.1, 0.15) is 5.82 Å². The van der Waals surface area contributed by atoms with Crippen LogP contribution in [0, 0.1) is 12.7 Å². The van der Waals surface area contributed by atoms with Crippen molar-refractivity contribution in [1.82, 2.24) is 20.1 Å². The van der Waals surface area contributed by atoms with Crippen molar-refractivity contribution in [2.45, 2.75) is 39.3 Å². The highest BCUT2D eigenvalue weighted by Gasteiger charge is 2.25. The summed E-state index contributed by atoms with van der Waals surface area (Å²) in [6, 6.07) is 5.47. The summed E-state index contributed by atoms with van der Waals surface area (Å²) < 4.78 is 16.2. The second-order valence-electron chi connectivity index (χ2n) is 5.31. The molecule has 0 radical (unpaired) electrons. The van der Waals surface area contributed by atoms with Gasteiger partial charge in [-0.25, -0.2) is 4.39 Å². The SMILES string of the molecule is CCCC1NCCn2c(-c3ccc(C)cc3F)nnc21. The molecule has 1 unspecified atom stereocenters. The molecule has 3 rings (SSSR count). The van der Waals surface area contributed by atoms with Crippen molar-refractivity contribution in [3.05, 3.63) is 35.4 Å². The number of halogens is 1. The standard InChI is InChI=1S/C15H19FN4/c1-3-4-13-15-19-18-14(20(15)8-7-17-13)11-6-5-10(2)9-12(11)16/h5-6,9,13,17H,3-4,7-8H2,1-2H3. The maximum absolute atomic E-state index is 14.1. The predicted molar refractivity (Wildman–Crippen MR) is 75.8 cm³/mol. The first-order valence-electron chi connectivity index (χ1n) is 7.13. The summed E-state index contributed by atoms with van der Waals surface area (Å²) in [5.74, 6) is 1.33. The molecule has 0 saturated carbocycles. The zero-order valence-corrected chi connectivity index (χ0v) is 11.9. The molecule has 0 fully saturated rings. The van der Waals surface area contributed by atoms with E-state index >= 15 is 0 Å². The van der Waals surface area contributed by atoms with Gasteiger partial charge in [0.05, 0.1) is 11.6 Å². The van der Waals surface area contributed by atoms with Crippen LogP contribution in [0.1, 0.15) is 37.2 Å². The number of hydrogen-bond donors (Lipinski definition) is 1. The lowest BCUT2D eigenvalue weighted by atomic mass is 10.1. The van der Waals surface area contributed by atoms with Gasteiger partial charge in [0.2, 0.25) is 0 Å². The Labute approximate surface area is 118 Å². The minimum Gasteiger partial charge on any atom is -0.308 e. The molecule has 1 aliphatic heterocycles. The summed E-state index contributed by atoms with van der Waals surface area (Å²) in [5, 5.41) is 12.0. The molecule has 2 heterocycles. The van der Waals surface area contributed by atoms with E-state index in [9.17, 15) is 4.39 Å². The number of nitrogens with one attached hydrogen (secondary N) is 1. The van der Waals surface area contributed by atoms with Crippen LogP contribution in [0.15, 0.2) is 18.2 Å². The number of benzene rings is 1. The molecule has 1 aromatic carbocycles. The Morgan fingerprint density at radius 1 is 1.40 bits per heavy atom. The van der Waals surface area contributed by atoms with Crippen molar-refractivity contribution >= 4 is 0 Å². The summed E-state index contributed by atoms with van der Waals surface area (Å²) in [7, 11) is 0. The van der Waals surface area contributed by atoms with Crippen LogP contribution in [0.5, 0.6) is 0 Å². The lowest BCUT2D eigenvalue weighted by molar-refractivity contribution is 0.394. The Morgan fingerprint density at radius 2 is 2.25 bits per heavy atom. The normalized spacial score (nSPS) is 18.1. The van der Waals surface area contributed by atoms with Crippen LogP contribution >= 0.6 is 0 Å². The number of rotatable bonds is 3. The lowest BCUT2D eigenvalue weighted by Gasteiger charge is -2.24. The van der Waals surface area contributed by atoms with Gasteiger partial charge < -0.3 is 9.88 Å². The average Bonchev–Trinajstić information content (AvgIpc) is 2.84. The van der Waals surface area contributed by atoms with E-state index in [4.69, 9.17) is 0 Å². The summed E-state index contributed by atoms with van der Waals surface area (Å²) >= 11 is 0. The molecule has 0 amide bonds. The van der Waals surface area contributed by atoms with Gasteiger partial charge in [-0.15, -0.1) is 10.2 Å². The zero-order chi connectivity index (χ0) is 14.1. The van der Waals surface area contributed by atoms with E-state index in [1.165, 1.54) is 0 Å². The summed E-state index contributed by atoms with van der Waals surface area (Å²) in [4.78, 5) is 0. The maximum atomic E-state index is 14.1. The second kappa shape index (κ2) is 5.32. The number of aromatic nitrogens is 3.